The average Bonchev–Trinajstić information content (AvgIpc) is 3.15. The van der Waals surface area contributed by atoms with Gasteiger partial charge in [-0.1, -0.05) is 83.2 Å². The van der Waals surface area contributed by atoms with E-state index >= 15 is 0 Å². The van der Waals surface area contributed by atoms with Crippen LogP contribution in [-0.4, -0.2) is 6.61 Å². The molecule has 2 aromatic rings. The highest BCUT2D eigenvalue weighted by Crippen LogP contribution is 2.39. The number of rotatable bonds is 11. The number of ether oxygens (including phenoxy) is 1. The Morgan fingerprint density at radius 2 is 1.79 bits per heavy atom. The second-order valence-electron chi connectivity index (χ2n) is 9.06. The smallest absolute Gasteiger partial charge is 0.127 e. The standard InChI is InChI=1S/C27H40O/c1-4-6-19-28-27-18-17-23(25-13-9-10-14-26(25)27)12-8-7-11-22(5-2)24-16-15-21(3)20-24/h9-10,13-14,17-18,21-22,24H,4-8,11-12,15-16,19-20H2,1-3H3. The number of hydrogen-bond donors (Lipinski definition) is 0. The van der Waals surface area contributed by atoms with Gasteiger partial charge in [0.1, 0.15) is 5.75 Å². The first-order valence-electron chi connectivity index (χ1n) is 11.9. The van der Waals surface area contributed by atoms with Crippen molar-refractivity contribution >= 4 is 10.8 Å². The fraction of sp³-hybridized carbons (Fsp3) is 0.630. The number of benzene rings is 2. The highest BCUT2D eigenvalue weighted by atomic mass is 16.5. The molecule has 0 aliphatic heterocycles. The summed E-state index contributed by atoms with van der Waals surface area (Å²) < 4.78 is 6.05. The predicted octanol–water partition coefficient (Wildman–Crippen LogP) is 8.19. The van der Waals surface area contributed by atoms with Gasteiger partial charge in [-0.25, -0.2) is 0 Å². The first-order valence-corrected chi connectivity index (χ1v) is 11.9. The maximum atomic E-state index is 6.05. The Balaban J connectivity index is 1.56. The third kappa shape index (κ3) is 5.52. The monoisotopic (exact) mass is 380 g/mol. The van der Waals surface area contributed by atoms with Gasteiger partial charge in [-0.3, -0.25) is 0 Å². The Morgan fingerprint density at radius 1 is 0.964 bits per heavy atom. The summed E-state index contributed by atoms with van der Waals surface area (Å²) in [6.45, 7) is 7.87. The van der Waals surface area contributed by atoms with Crippen LogP contribution in [0.15, 0.2) is 36.4 Å². The summed E-state index contributed by atoms with van der Waals surface area (Å²) in [5.74, 6) is 3.97. The van der Waals surface area contributed by atoms with Crippen LogP contribution in [0.1, 0.15) is 84.1 Å². The largest absolute Gasteiger partial charge is 0.493 e. The average molecular weight is 381 g/mol. The molecule has 0 radical (unpaired) electrons. The molecule has 1 fully saturated rings. The van der Waals surface area contributed by atoms with Crippen LogP contribution in [0.3, 0.4) is 0 Å². The van der Waals surface area contributed by atoms with Crippen molar-refractivity contribution in [3.8, 4) is 5.75 Å². The Kier molecular flexibility index (Phi) is 8.25. The molecular weight excluding hydrogens is 340 g/mol. The zero-order chi connectivity index (χ0) is 19.8. The van der Waals surface area contributed by atoms with Crippen LogP contribution in [-0.2, 0) is 6.42 Å². The highest BCUT2D eigenvalue weighted by Gasteiger charge is 2.27. The fourth-order valence-electron chi connectivity index (χ4n) is 5.18. The summed E-state index contributed by atoms with van der Waals surface area (Å²) in [6, 6.07) is 13.3. The fourth-order valence-corrected chi connectivity index (χ4v) is 5.18. The first kappa shape index (κ1) is 21.2. The van der Waals surface area contributed by atoms with E-state index in [9.17, 15) is 0 Å². The van der Waals surface area contributed by atoms with Crippen molar-refractivity contribution in [3.05, 3.63) is 42.0 Å². The Labute approximate surface area is 172 Å². The highest BCUT2D eigenvalue weighted by molar-refractivity contribution is 5.91. The number of fused-ring (bicyclic) bond motifs is 1. The van der Waals surface area contributed by atoms with E-state index in [0.717, 1.165) is 36.5 Å². The summed E-state index contributed by atoms with van der Waals surface area (Å²) in [5.41, 5.74) is 1.49. The van der Waals surface area contributed by atoms with E-state index in [4.69, 9.17) is 4.74 Å². The Morgan fingerprint density at radius 3 is 2.50 bits per heavy atom. The third-order valence-corrected chi connectivity index (χ3v) is 6.93. The van der Waals surface area contributed by atoms with E-state index in [1.807, 2.05) is 0 Å². The second kappa shape index (κ2) is 10.9. The van der Waals surface area contributed by atoms with Crippen LogP contribution in [0.4, 0.5) is 0 Å². The summed E-state index contributed by atoms with van der Waals surface area (Å²) in [5, 5.41) is 2.66. The van der Waals surface area contributed by atoms with E-state index < -0.39 is 0 Å². The lowest BCUT2D eigenvalue weighted by molar-refractivity contribution is 0.294. The van der Waals surface area contributed by atoms with Gasteiger partial charge in [0.05, 0.1) is 6.61 Å². The van der Waals surface area contributed by atoms with E-state index in [1.165, 1.54) is 74.1 Å². The van der Waals surface area contributed by atoms with Gasteiger partial charge in [-0.2, -0.15) is 0 Å². The summed E-state index contributed by atoms with van der Waals surface area (Å²) in [4.78, 5) is 0. The maximum Gasteiger partial charge on any atom is 0.127 e. The molecule has 3 unspecified atom stereocenters. The van der Waals surface area contributed by atoms with Gasteiger partial charge in [-0.05, 0) is 66.9 Å². The van der Waals surface area contributed by atoms with Crippen LogP contribution < -0.4 is 4.74 Å². The van der Waals surface area contributed by atoms with Crippen LogP contribution in [0.5, 0.6) is 5.75 Å². The predicted molar refractivity (Wildman–Crippen MR) is 122 cm³/mol. The van der Waals surface area contributed by atoms with Crippen molar-refractivity contribution in [2.45, 2.75) is 85.0 Å². The molecule has 28 heavy (non-hydrogen) atoms. The molecule has 1 heteroatoms. The van der Waals surface area contributed by atoms with Crippen molar-refractivity contribution < 1.29 is 4.74 Å². The van der Waals surface area contributed by atoms with Crippen LogP contribution in [0, 0.1) is 17.8 Å². The van der Waals surface area contributed by atoms with Gasteiger partial charge in [0, 0.05) is 5.39 Å². The molecule has 1 aliphatic carbocycles. The van der Waals surface area contributed by atoms with Crippen LogP contribution in [0.25, 0.3) is 10.8 Å². The van der Waals surface area contributed by atoms with Crippen molar-refractivity contribution in [1.82, 2.24) is 0 Å². The summed E-state index contributed by atoms with van der Waals surface area (Å²) in [6.07, 6.45) is 13.3. The molecule has 0 aromatic heterocycles. The SMILES string of the molecule is CCCCOc1ccc(CCCCC(CC)C2CCC(C)C2)c2ccccc12. The first-order chi connectivity index (χ1) is 13.7. The molecule has 0 amide bonds. The van der Waals surface area contributed by atoms with Gasteiger partial charge in [0.25, 0.3) is 0 Å². The van der Waals surface area contributed by atoms with Crippen molar-refractivity contribution in [1.29, 1.82) is 0 Å². The lowest BCUT2D eigenvalue weighted by atomic mass is 9.84. The molecule has 0 saturated heterocycles. The topological polar surface area (TPSA) is 9.23 Å². The Hall–Kier alpha value is -1.50. The van der Waals surface area contributed by atoms with E-state index in [-0.39, 0.29) is 0 Å². The van der Waals surface area contributed by atoms with E-state index in [1.54, 1.807) is 0 Å². The van der Waals surface area contributed by atoms with Crippen molar-refractivity contribution in [3.63, 3.8) is 0 Å². The maximum absolute atomic E-state index is 6.05. The van der Waals surface area contributed by atoms with Crippen LogP contribution >= 0.6 is 0 Å². The molecule has 154 valence electrons. The zero-order valence-corrected chi connectivity index (χ0v) is 18.4. The number of hydrogen-bond acceptors (Lipinski definition) is 1. The Bertz CT molecular complexity index is 719. The van der Waals surface area contributed by atoms with Gasteiger partial charge < -0.3 is 4.74 Å². The molecule has 0 heterocycles. The van der Waals surface area contributed by atoms with Crippen molar-refractivity contribution in [2.75, 3.05) is 6.61 Å². The minimum atomic E-state index is 0.817. The summed E-state index contributed by atoms with van der Waals surface area (Å²) in [7, 11) is 0. The third-order valence-electron chi connectivity index (χ3n) is 6.93. The molecule has 0 bridgehead atoms. The molecule has 1 saturated carbocycles. The molecule has 0 spiro atoms. The van der Waals surface area contributed by atoms with E-state index in [2.05, 4.69) is 57.2 Å². The number of aryl methyl sites for hydroxylation is 1. The lowest BCUT2D eigenvalue weighted by Crippen LogP contribution is -2.11. The zero-order valence-electron chi connectivity index (χ0n) is 18.4. The van der Waals surface area contributed by atoms with E-state index in [0.29, 0.717) is 0 Å². The minimum absolute atomic E-state index is 0.817. The van der Waals surface area contributed by atoms with Gasteiger partial charge >= 0.3 is 0 Å². The van der Waals surface area contributed by atoms with Crippen molar-refractivity contribution in [2.24, 2.45) is 17.8 Å². The molecule has 2 aromatic carbocycles. The van der Waals surface area contributed by atoms with Gasteiger partial charge in [-0.15, -0.1) is 0 Å². The second-order valence-corrected chi connectivity index (χ2v) is 9.06. The molecular formula is C27H40O. The lowest BCUT2D eigenvalue weighted by Gasteiger charge is -2.22. The summed E-state index contributed by atoms with van der Waals surface area (Å²) >= 11 is 0. The molecule has 1 nitrogen and oxygen atoms in total. The molecule has 3 atom stereocenters. The molecule has 0 N–H and O–H groups in total. The molecule has 1 aliphatic rings. The quantitative estimate of drug-likeness (QED) is 0.357. The normalized spacial score (nSPS) is 20.5. The minimum Gasteiger partial charge on any atom is -0.493 e. The number of unbranched alkanes of at least 4 members (excludes halogenated alkanes) is 2. The van der Waals surface area contributed by atoms with Gasteiger partial charge in [0.15, 0.2) is 0 Å². The molecule has 3 rings (SSSR count). The van der Waals surface area contributed by atoms with Crippen LogP contribution in [0.2, 0.25) is 0 Å². The van der Waals surface area contributed by atoms with Gasteiger partial charge in [0.2, 0.25) is 0 Å².